The zero-order valence-electron chi connectivity index (χ0n) is 21.1. The van der Waals surface area contributed by atoms with Crippen LogP contribution in [0.2, 0.25) is 0 Å². The fourth-order valence-corrected chi connectivity index (χ4v) is 5.50. The van der Waals surface area contributed by atoms with Crippen molar-refractivity contribution in [3.63, 3.8) is 0 Å². The van der Waals surface area contributed by atoms with Crippen molar-refractivity contribution in [3.8, 4) is 22.6 Å². The Bertz CT molecular complexity index is 1620. The molecular weight excluding hydrogens is 663 g/mol. The summed E-state index contributed by atoms with van der Waals surface area (Å²) in [6.07, 6.45) is 5.33. The molecular formula is C33H25IrN3S+. The predicted octanol–water partition coefficient (Wildman–Crippen LogP) is 7.64. The van der Waals surface area contributed by atoms with Gasteiger partial charge in [0.15, 0.2) is 0 Å². The molecule has 0 bridgehead atoms. The van der Waals surface area contributed by atoms with E-state index in [0.717, 1.165) is 22.6 Å². The minimum atomic E-state index is 0. The van der Waals surface area contributed by atoms with Gasteiger partial charge in [-0.25, -0.2) is 0 Å². The topological polar surface area (TPSA) is 21.7 Å². The van der Waals surface area contributed by atoms with Gasteiger partial charge in [0, 0.05) is 11.1 Å². The molecule has 2 aromatic heterocycles. The van der Waals surface area contributed by atoms with Crippen LogP contribution in [-0.4, -0.2) is 9.55 Å². The number of aromatic nitrogens is 3. The molecule has 0 spiro atoms. The molecule has 0 saturated heterocycles. The van der Waals surface area contributed by atoms with Gasteiger partial charge in [-0.15, -0.1) is 35.9 Å². The summed E-state index contributed by atoms with van der Waals surface area (Å²) in [5.74, 6) is 0.538. The molecule has 3 nitrogen and oxygen atoms in total. The summed E-state index contributed by atoms with van der Waals surface area (Å²) >= 11 is 1.80. The van der Waals surface area contributed by atoms with Gasteiger partial charge in [0.1, 0.15) is 0 Å². The van der Waals surface area contributed by atoms with Crippen LogP contribution in [0.4, 0.5) is 0 Å². The summed E-state index contributed by atoms with van der Waals surface area (Å²) < 4.78 is 4.30. The Hall–Kier alpha value is -3.50. The van der Waals surface area contributed by atoms with E-state index in [2.05, 4.69) is 95.0 Å². The SMILES string of the molecule is CC(C)c1ccc(-n2[c-][n+]3c4c(cccc42)Sc2ccc[c-]c2-3)cc1.[Ir+3].[c-]1ccccc1-c1ccccn1. The molecule has 0 fully saturated rings. The number of pyridine rings is 1. The van der Waals surface area contributed by atoms with Crippen molar-refractivity contribution in [3.05, 3.63) is 133 Å². The Labute approximate surface area is 241 Å². The van der Waals surface area contributed by atoms with Crippen LogP contribution in [0.1, 0.15) is 25.3 Å². The average Bonchev–Trinajstić information content (AvgIpc) is 3.36. The maximum absolute atomic E-state index is 4.22. The molecule has 4 aromatic carbocycles. The molecule has 0 aliphatic carbocycles. The van der Waals surface area contributed by atoms with E-state index in [9.17, 15) is 0 Å². The fraction of sp³-hybridized carbons (Fsp3) is 0.0909. The molecule has 5 heteroatoms. The van der Waals surface area contributed by atoms with Gasteiger partial charge in [-0.2, -0.15) is 36.0 Å². The summed E-state index contributed by atoms with van der Waals surface area (Å²) in [4.78, 5) is 6.70. The van der Waals surface area contributed by atoms with E-state index in [1.807, 2.05) is 54.6 Å². The molecule has 38 heavy (non-hydrogen) atoms. The standard InChI is InChI=1S/C22H17N2S.C11H8N.Ir/c1-15(2)16-10-12-17(13-11-16)23-14-24-18-6-3-4-8-20(18)25-21-9-5-7-19(23)22(21)24;1-2-6-10(7-3-1)11-8-4-5-9-12-11;/h3-5,7-13,15H,1-2H3;1-6,8-9H;/q2*-1;+3. The number of fused-ring (bicyclic) bond motifs is 2. The second kappa shape index (κ2) is 11.5. The third-order valence-corrected chi connectivity index (χ3v) is 7.45. The van der Waals surface area contributed by atoms with Crippen LogP contribution in [0.3, 0.4) is 0 Å². The molecule has 0 unspecified atom stereocenters. The number of benzene rings is 4. The second-order valence-corrected chi connectivity index (χ2v) is 10.2. The van der Waals surface area contributed by atoms with E-state index in [1.165, 1.54) is 26.4 Å². The van der Waals surface area contributed by atoms with Gasteiger partial charge in [0.25, 0.3) is 6.33 Å². The van der Waals surface area contributed by atoms with E-state index < -0.39 is 0 Å². The van der Waals surface area contributed by atoms with Gasteiger partial charge < -0.3 is 9.55 Å². The first-order chi connectivity index (χ1) is 18.2. The van der Waals surface area contributed by atoms with E-state index in [-0.39, 0.29) is 20.1 Å². The smallest absolute Gasteiger partial charge is 0.313 e. The van der Waals surface area contributed by atoms with E-state index >= 15 is 0 Å². The van der Waals surface area contributed by atoms with Crippen LogP contribution in [0.15, 0.2) is 119 Å². The van der Waals surface area contributed by atoms with Crippen molar-refractivity contribution >= 4 is 22.8 Å². The zero-order valence-corrected chi connectivity index (χ0v) is 24.3. The number of nitrogens with zero attached hydrogens (tertiary/aromatic N) is 3. The van der Waals surface area contributed by atoms with Gasteiger partial charge in [0.05, 0.1) is 16.7 Å². The van der Waals surface area contributed by atoms with Crippen molar-refractivity contribution in [1.82, 2.24) is 9.55 Å². The first-order valence-electron chi connectivity index (χ1n) is 12.4. The maximum Gasteiger partial charge on any atom is 3.00 e. The van der Waals surface area contributed by atoms with Crippen molar-refractivity contribution in [2.75, 3.05) is 0 Å². The minimum absolute atomic E-state index is 0. The van der Waals surface area contributed by atoms with Gasteiger partial charge in [0.2, 0.25) is 0 Å². The van der Waals surface area contributed by atoms with Crippen LogP contribution in [0.5, 0.6) is 0 Å². The van der Waals surface area contributed by atoms with Crippen LogP contribution >= 0.6 is 11.8 Å². The third-order valence-electron chi connectivity index (χ3n) is 6.35. The Morgan fingerprint density at radius 3 is 2.32 bits per heavy atom. The summed E-state index contributed by atoms with van der Waals surface area (Å²) in [6, 6.07) is 41.6. The molecule has 3 heterocycles. The second-order valence-electron chi connectivity index (χ2n) is 9.12. The van der Waals surface area contributed by atoms with E-state index in [0.29, 0.717) is 5.92 Å². The van der Waals surface area contributed by atoms with Crippen molar-refractivity contribution in [1.29, 1.82) is 0 Å². The zero-order chi connectivity index (χ0) is 25.2. The van der Waals surface area contributed by atoms with Gasteiger partial charge >= 0.3 is 20.1 Å². The van der Waals surface area contributed by atoms with Crippen LogP contribution < -0.4 is 4.57 Å². The van der Waals surface area contributed by atoms with Crippen LogP contribution in [0.25, 0.3) is 33.7 Å². The molecule has 6 aromatic rings. The molecule has 186 valence electrons. The normalized spacial score (nSPS) is 11.3. The molecule has 0 atom stereocenters. The van der Waals surface area contributed by atoms with Crippen molar-refractivity contribution < 1.29 is 24.7 Å². The Kier molecular flexibility index (Phi) is 7.90. The Morgan fingerprint density at radius 1 is 0.789 bits per heavy atom. The van der Waals surface area contributed by atoms with E-state index in [4.69, 9.17) is 0 Å². The molecule has 0 N–H and O–H groups in total. The monoisotopic (exact) mass is 688 g/mol. The van der Waals surface area contributed by atoms with Crippen molar-refractivity contribution in [2.45, 2.75) is 29.6 Å². The largest absolute Gasteiger partial charge is 3.00 e. The Morgan fingerprint density at radius 2 is 1.58 bits per heavy atom. The number of hydrogen-bond acceptors (Lipinski definition) is 2. The third kappa shape index (κ3) is 5.10. The molecule has 7 rings (SSSR count). The summed E-state index contributed by atoms with van der Waals surface area (Å²) in [7, 11) is 0. The fourth-order valence-electron chi connectivity index (χ4n) is 4.43. The number of hydrogen-bond donors (Lipinski definition) is 0. The van der Waals surface area contributed by atoms with Crippen molar-refractivity contribution in [2.24, 2.45) is 0 Å². The summed E-state index contributed by atoms with van der Waals surface area (Å²) in [5.41, 5.74) is 7.95. The van der Waals surface area contributed by atoms with E-state index in [1.54, 1.807) is 18.0 Å². The number of imidazole rings is 1. The van der Waals surface area contributed by atoms with Crippen LogP contribution in [-0.2, 0) is 20.1 Å². The summed E-state index contributed by atoms with van der Waals surface area (Å²) in [6.45, 7) is 4.44. The van der Waals surface area contributed by atoms with Gasteiger partial charge in [-0.05, 0) is 41.1 Å². The summed E-state index contributed by atoms with van der Waals surface area (Å²) in [5, 5.41) is 0. The average molecular weight is 688 g/mol. The van der Waals surface area contributed by atoms with Gasteiger partial charge in [-0.1, -0.05) is 61.2 Å². The minimum Gasteiger partial charge on any atom is -0.313 e. The maximum atomic E-state index is 4.22. The molecule has 1 aliphatic heterocycles. The predicted molar refractivity (Wildman–Crippen MR) is 149 cm³/mol. The van der Waals surface area contributed by atoms with Gasteiger partial charge in [-0.3, -0.25) is 4.57 Å². The molecule has 1 aliphatic rings. The molecule has 0 amide bonds. The quantitative estimate of drug-likeness (QED) is 0.141. The van der Waals surface area contributed by atoms with Crippen LogP contribution in [0, 0.1) is 18.5 Å². The number of rotatable bonds is 3. The molecule has 0 radical (unpaired) electrons. The first kappa shape index (κ1) is 26.1. The molecule has 0 saturated carbocycles. The first-order valence-corrected chi connectivity index (χ1v) is 13.2. The number of para-hydroxylation sites is 2. The Balaban J connectivity index is 0.000000191.